The van der Waals surface area contributed by atoms with Crippen molar-refractivity contribution >= 4 is 11.9 Å². The molecule has 0 saturated carbocycles. The zero-order chi connectivity index (χ0) is 16.2. The SMILES string of the molecule is CCOCCCN1Cc2nc(N3CCC(O)CC3)ncc2C1=O. The lowest BCUT2D eigenvalue weighted by molar-refractivity contribution is 0.0747. The summed E-state index contributed by atoms with van der Waals surface area (Å²) in [6, 6.07) is 0. The molecular weight excluding hydrogens is 296 g/mol. The first kappa shape index (κ1) is 16.1. The molecule has 1 aromatic rings. The van der Waals surface area contributed by atoms with E-state index in [9.17, 15) is 9.90 Å². The maximum Gasteiger partial charge on any atom is 0.257 e. The summed E-state index contributed by atoms with van der Waals surface area (Å²) in [5.74, 6) is 0.678. The average Bonchev–Trinajstić information content (AvgIpc) is 2.88. The maximum atomic E-state index is 12.3. The molecule has 3 heterocycles. The van der Waals surface area contributed by atoms with E-state index >= 15 is 0 Å². The van der Waals surface area contributed by atoms with Crippen LogP contribution in [0.4, 0.5) is 5.95 Å². The Morgan fingerprint density at radius 3 is 2.91 bits per heavy atom. The van der Waals surface area contributed by atoms with Crippen LogP contribution in [0.25, 0.3) is 0 Å². The zero-order valence-corrected chi connectivity index (χ0v) is 13.6. The number of carbonyl (C=O) groups excluding carboxylic acids is 1. The minimum Gasteiger partial charge on any atom is -0.393 e. The lowest BCUT2D eigenvalue weighted by atomic mass is 10.1. The van der Waals surface area contributed by atoms with Gasteiger partial charge in [0.25, 0.3) is 5.91 Å². The Morgan fingerprint density at radius 1 is 1.39 bits per heavy atom. The first-order valence-electron chi connectivity index (χ1n) is 8.35. The number of anilines is 1. The Labute approximate surface area is 136 Å². The summed E-state index contributed by atoms with van der Waals surface area (Å²) in [7, 11) is 0. The summed E-state index contributed by atoms with van der Waals surface area (Å²) < 4.78 is 5.32. The highest BCUT2D eigenvalue weighted by Gasteiger charge is 2.30. The largest absolute Gasteiger partial charge is 0.393 e. The van der Waals surface area contributed by atoms with E-state index in [-0.39, 0.29) is 12.0 Å². The average molecular weight is 320 g/mol. The molecule has 3 rings (SSSR count). The molecule has 0 bridgehead atoms. The van der Waals surface area contributed by atoms with Crippen LogP contribution in [0, 0.1) is 0 Å². The normalized spacial score (nSPS) is 18.6. The first-order chi connectivity index (χ1) is 11.2. The minimum absolute atomic E-state index is 0.0112. The van der Waals surface area contributed by atoms with Gasteiger partial charge in [-0.15, -0.1) is 0 Å². The third-order valence-corrected chi connectivity index (χ3v) is 4.38. The maximum absolute atomic E-state index is 12.3. The quantitative estimate of drug-likeness (QED) is 0.782. The summed E-state index contributed by atoms with van der Waals surface area (Å²) >= 11 is 0. The number of fused-ring (bicyclic) bond motifs is 1. The summed E-state index contributed by atoms with van der Waals surface area (Å²) in [6.45, 7) is 6.08. The van der Waals surface area contributed by atoms with E-state index in [4.69, 9.17) is 4.74 Å². The lowest BCUT2D eigenvalue weighted by Crippen LogP contribution is -2.37. The number of ether oxygens (including phenoxy) is 1. The van der Waals surface area contributed by atoms with Gasteiger partial charge in [-0.2, -0.15) is 0 Å². The minimum atomic E-state index is -0.219. The molecule has 0 spiro atoms. The predicted octanol–water partition coefficient (Wildman–Crippen LogP) is 0.820. The van der Waals surface area contributed by atoms with Crippen molar-refractivity contribution in [2.75, 3.05) is 37.7 Å². The van der Waals surface area contributed by atoms with E-state index in [1.807, 2.05) is 11.8 Å². The second-order valence-corrected chi connectivity index (χ2v) is 6.03. The van der Waals surface area contributed by atoms with Gasteiger partial charge in [0.1, 0.15) is 0 Å². The zero-order valence-electron chi connectivity index (χ0n) is 13.6. The molecule has 0 atom stereocenters. The van der Waals surface area contributed by atoms with E-state index in [0.717, 1.165) is 38.0 Å². The Balaban J connectivity index is 1.63. The molecule has 0 aliphatic carbocycles. The number of carbonyl (C=O) groups is 1. The van der Waals surface area contributed by atoms with Crippen molar-refractivity contribution in [2.45, 2.75) is 38.8 Å². The molecule has 1 N–H and O–H groups in total. The third-order valence-electron chi connectivity index (χ3n) is 4.38. The molecule has 0 aromatic carbocycles. The number of hydrogen-bond acceptors (Lipinski definition) is 6. The Hall–Kier alpha value is -1.73. The van der Waals surface area contributed by atoms with Crippen molar-refractivity contribution in [3.63, 3.8) is 0 Å². The van der Waals surface area contributed by atoms with E-state index in [1.54, 1.807) is 6.20 Å². The number of nitrogens with zero attached hydrogens (tertiary/aromatic N) is 4. The monoisotopic (exact) mass is 320 g/mol. The topological polar surface area (TPSA) is 78.8 Å². The van der Waals surface area contributed by atoms with Crippen molar-refractivity contribution in [1.29, 1.82) is 0 Å². The van der Waals surface area contributed by atoms with E-state index < -0.39 is 0 Å². The second-order valence-electron chi connectivity index (χ2n) is 6.03. The Bertz CT molecular complexity index is 558. The molecular formula is C16H24N4O3. The van der Waals surface area contributed by atoms with Crippen LogP contribution in [0.3, 0.4) is 0 Å². The highest BCUT2D eigenvalue weighted by molar-refractivity contribution is 5.97. The molecule has 23 heavy (non-hydrogen) atoms. The molecule has 1 amide bonds. The van der Waals surface area contributed by atoms with Crippen LogP contribution in [0.15, 0.2) is 6.20 Å². The van der Waals surface area contributed by atoms with Crippen LogP contribution in [0.1, 0.15) is 42.2 Å². The summed E-state index contributed by atoms with van der Waals surface area (Å²) in [6.07, 6.45) is 3.74. The fourth-order valence-electron chi connectivity index (χ4n) is 3.03. The van der Waals surface area contributed by atoms with Gasteiger partial charge < -0.3 is 19.6 Å². The van der Waals surface area contributed by atoms with Crippen LogP contribution in [0.5, 0.6) is 0 Å². The van der Waals surface area contributed by atoms with Gasteiger partial charge in [-0.25, -0.2) is 9.97 Å². The number of amides is 1. The van der Waals surface area contributed by atoms with Gasteiger partial charge in [-0.1, -0.05) is 0 Å². The van der Waals surface area contributed by atoms with Crippen LogP contribution in [-0.4, -0.2) is 64.8 Å². The molecule has 1 fully saturated rings. The highest BCUT2D eigenvalue weighted by Crippen LogP contribution is 2.24. The van der Waals surface area contributed by atoms with Crippen molar-refractivity contribution in [1.82, 2.24) is 14.9 Å². The molecule has 1 saturated heterocycles. The molecule has 1 aromatic heterocycles. The second kappa shape index (κ2) is 7.23. The first-order valence-corrected chi connectivity index (χ1v) is 8.35. The standard InChI is InChI=1S/C16H24N4O3/c1-2-23-9-3-6-20-11-14-13(15(20)22)10-17-16(18-14)19-7-4-12(21)5-8-19/h10,12,21H,2-9,11H2,1H3. The smallest absolute Gasteiger partial charge is 0.257 e. The van der Waals surface area contributed by atoms with Crippen molar-refractivity contribution in [3.05, 3.63) is 17.5 Å². The van der Waals surface area contributed by atoms with Crippen LogP contribution < -0.4 is 4.90 Å². The van der Waals surface area contributed by atoms with Gasteiger partial charge >= 0.3 is 0 Å². The number of hydrogen-bond donors (Lipinski definition) is 1. The Kier molecular flexibility index (Phi) is 5.07. The summed E-state index contributed by atoms with van der Waals surface area (Å²) in [5, 5.41) is 9.59. The molecule has 0 radical (unpaired) electrons. The van der Waals surface area contributed by atoms with Gasteiger partial charge in [0, 0.05) is 39.0 Å². The molecule has 7 nitrogen and oxygen atoms in total. The lowest BCUT2D eigenvalue weighted by Gasteiger charge is -2.29. The fraction of sp³-hybridized carbons (Fsp3) is 0.688. The van der Waals surface area contributed by atoms with Gasteiger partial charge in [0.2, 0.25) is 5.95 Å². The van der Waals surface area contributed by atoms with E-state index in [0.29, 0.717) is 37.8 Å². The van der Waals surface area contributed by atoms with Crippen molar-refractivity contribution in [2.24, 2.45) is 0 Å². The van der Waals surface area contributed by atoms with Crippen molar-refractivity contribution < 1.29 is 14.6 Å². The van der Waals surface area contributed by atoms with Gasteiger partial charge in [0.05, 0.1) is 23.9 Å². The summed E-state index contributed by atoms with van der Waals surface area (Å²) in [5.41, 5.74) is 1.42. The number of aliphatic hydroxyl groups is 1. The molecule has 2 aliphatic rings. The van der Waals surface area contributed by atoms with Crippen LogP contribution in [-0.2, 0) is 11.3 Å². The predicted molar refractivity (Wildman–Crippen MR) is 85.3 cm³/mol. The van der Waals surface area contributed by atoms with Gasteiger partial charge in [0.15, 0.2) is 0 Å². The number of rotatable bonds is 6. The van der Waals surface area contributed by atoms with Crippen LogP contribution >= 0.6 is 0 Å². The van der Waals surface area contributed by atoms with Gasteiger partial charge in [-0.3, -0.25) is 4.79 Å². The molecule has 2 aliphatic heterocycles. The van der Waals surface area contributed by atoms with E-state index in [2.05, 4.69) is 14.9 Å². The number of piperidine rings is 1. The van der Waals surface area contributed by atoms with Gasteiger partial charge in [-0.05, 0) is 26.2 Å². The van der Waals surface area contributed by atoms with Crippen LogP contribution in [0.2, 0.25) is 0 Å². The molecule has 7 heteroatoms. The third kappa shape index (κ3) is 3.61. The highest BCUT2D eigenvalue weighted by atomic mass is 16.5. The van der Waals surface area contributed by atoms with Crippen molar-refractivity contribution in [3.8, 4) is 0 Å². The fourth-order valence-corrected chi connectivity index (χ4v) is 3.03. The molecule has 0 unspecified atom stereocenters. The number of aromatic nitrogens is 2. The van der Waals surface area contributed by atoms with E-state index in [1.165, 1.54) is 0 Å². The number of aliphatic hydroxyl groups excluding tert-OH is 1. The Morgan fingerprint density at radius 2 is 2.17 bits per heavy atom. The summed E-state index contributed by atoms with van der Waals surface area (Å²) in [4.78, 5) is 25.2. The molecule has 126 valence electrons.